The maximum absolute atomic E-state index is 6.20. The molecule has 24 heavy (non-hydrogen) atoms. The summed E-state index contributed by atoms with van der Waals surface area (Å²) in [6, 6.07) is 8.50. The fourth-order valence-electron chi connectivity index (χ4n) is 2.74. The van der Waals surface area contributed by atoms with Crippen molar-refractivity contribution in [3.05, 3.63) is 35.4 Å². The third kappa shape index (κ3) is 7.02. The topological polar surface area (TPSA) is 40.0 Å². The first-order valence-electron chi connectivity index (χ1n) is 8.86. The molecule has 0 aliphatic carbocycles. The largest absolute Gasteiger partial charge is 0.475 e. The molecule has 0 heterocycles. The van der Waals surface area contributed by atoms with Crippen molar-refractivity contribution in [2.45, 2.75) is 72.1 Å². The summed E-state index contributed by atoms with van der Waals surface area (Å²) in [5.41, 5.74) is 2.34. The van der Waals surface area contributed by atoms with Crippen LogP contribution in [-0.2, 0) is 14.2 Å². The minimum Gasteiger partial charge on any atom is -0.475 e. The Morgan fingerprint density at radius 1 is 1.21 bits per heavy atom. The Labute approximate surface area is 147 Å². The van der Waals surface area contributed by atoms with E-state index in [1.54, 1.807) is 7.11 Å². The predicted octanol–water partition coefficient (Wildman–Crippen LogP) is 5.06. The van der Waals surface area contributed by atoms with E-state index in [-0.39, 0.29) is 25.0 Å². The molecule has 0 spiro atoms. The van der Waals surface area contributed by atoms with Gasteiger partial charge in [0.05, 0.1) is 0 Å². The maximum atomic E-state index is 6.20. The molecule has 0 aliphatic rings. The Morgan fingerprint density at radius 3 is 2.50 bits per heavy atom. The molecule has 0 amide bonds. The summed E-state index contributed by atoms with van der Waals surface area (Å²) in [7, 11) is 1.64. The number of hydrogen-bond acceptors (Lipinski definition) is 4. The lowest BCUT2D eigenvalue weighted by molar-refractivity contribution is -0.113. The SMILES string of the molecule is CCCCC(OC(C)=NC(C)C)C(OCOC)c1ccccc1C. The van der Waals surface area contributed by atoms with Crippen molar-refractivity contribution >= 4 is 5.90 Å². The zero-order valence-corrected chi connectivity index (χ0v) is 16.0. The highest BCUT2D eigenvalue weighted by atomic mass is 16.7. The maximum Gasteiger partial charge on any atom is 0.180 e. The van der Waals surface area contributed by atoms with Crippen LogP contribution in [0.4, 0.5) is 0 Å². The van der Waals surface area contributed by atoms with Crippen LogP contribution >= 0.6 is 0 Å². The number of hydrogen-bond donors (Lipinski definition) is 0. The van der Waals surface area contributed by atoms with Crippen LogP contribution < -0.4 is 0 Å². The van der Waals surface area contributed by atoms with E-state index in [1.807, 2.05) is 32.9 Å². The smallest absolute Gasteiger partial charge is 0.180 e. The second kappa shape index (κ2) is 11.2. The summed E-state index contributed by atoms with van der Waals surface area (Å²) < 4.78 is 17.4. The van der Waals surface area contributed by atoms with Gasteiger partial charge in [0.25, 0.3) is 0 Å². The van der Waals surface area contributed by atoms with Crippen LogP contribution in [0.25, 0.3) is 0 Å². The molecule has 1 rings (SSSR count). The number of unbranched alkanes of at least 4 members (excludes halogenated alkanes) is 1. The van der Waals surface area contributed by atoms with Crippen LogP contribution in [-0.4, -0.2) is 31.9 Å². The van der Waals surface area contributed by atoms with E-state index in [4.69, 9.17) is 14.2 Å². The van der Waals surface area contributed by atoms with E-state index < -0.39 is 0 Å². The third-order valence-corrected chi connectivity index (χ3v) is 3.80. The molecule has 0 saturated heterocycles. The quantitative estimate of drug-likeness (QED) is 0.341. The zero-order valence-electron chi connectivity index (χ0n) is 16.0. The number of ether oxygens (including phenoxy) is 3. The third-order valence-electron chi connectivity index (χ3n) is 3.80. The molecule has 1 aromatic carbocycles. The highest BCUT2D eigenvalue weighted by molar-refractivity contribution is 5.73. The van der Waals surface area contributed by atoms with Gasteiger partial charge in [-0.25, -0.2) is 0 Å². The summed E-state index contributed by atoms with van der Waals surface area (Å²) in [6.07, 6.45) is 2.87. The van der Waals surface area contributed by atoms with E-state index in [9.17, 15) is 0 Å². The second-order valence-electron chi connectivity index (χ2n) is 6.39. The average Bonchev–Trinajstić information content (AvgIpc) is 2.53. The molecule has 136 valence electrons. The Morgan fingerprint density at radius 2 is 1.92 bits per heavy atom. The van der Waals surface area contributed by atoms with E-state index in [2.05, 4.69) is 31.0 Å². The van der Waals surface area contributed by atoms with Crippen molar-refractivity contribution in [3.63, 3.8) is 0 Å². The molecule has 0 aromatic heterocycles. The molecule has 0 bridgehead atoms. The van der Waals surface area contributed by atoms with Gasteiger partial charge in [0, 0.05) is 20.1 Å². The highest BCUT2D eigenvalue weighted by Crippen LogP contribution is 2.29. The molecule has 0 aliphatic heterocycles. The fourth-order valence-corrected chi connectivity index (χ4v) is 2.74. The van der Waals surface area contributed by atoms with Gasteiger partial charge in [-0.1, -0.05) is 37.6 Å². The average molecular weight is 335 g/mol. The van der Waals surface area contributed by atoms with Crippen LogP contribution in [0.3, 0.4) is 0 Å². The summed E-state index contributed by atoms with van der Waals surface area (Å²) in [5.74, 6) is 0.714. The van der Waals surface area contributed by atoms with Crippen LogP contribution in [0.15, 0.2) is 29.3 Å². The van der Waals surface area contributed by atoms with Gasteiger partial charge < -0.3 is 14.2 Å². The second-order valence-corrected chi connectivity index (χ2v) is 6.39. The number of rotatable bonds is 10. The minimum atomic E-state index is -0.171. The summed E-state index contributed by atoms with van der Waals surface area (Å²) in [5, 5.41) is 0. The molecule has 0 fully saturated rings. The number of aliphatic imine (C=N–C) groups is 1. The molecule has 0 N–H and O–H groups in total. The van der Waals surface area contributed by atoms with Gasteiger partial charge in [0.2, 0.25) is 0 Å². The first-order valence-corrected chi connectivity index (χ1v) is 8.86. The highest BCUT2D eigenvalue weighted by Gasteiger charge is 2.27. The molecule has 1 aromatic rings. The van der Waals surface area contributed by atoms with Gasteiger partial charge in [0.1, 0.15) is 19.0 Å². The van der Waals surface area contributed by atoms with E-state index in [0.717, 1.165) is 24.8 Å². The molecule has 4 heteroatoms. The van der Waals surface area contributed by atoms with Crippen LogP contribution in [0.1, 0.15) is 64.2 Å². The van der Waals surface area contributed by atoms with Gasteiger partial charge in [-0.2, -0.15) is 0 Å². The molecule has 4 nitrogen and oxygen atoms in total. The van der Waals surface area contributed by atoms with Crippen molar-refractivity contribution in [3.8, 4) is 0 Å². The number of aryl methyl sites for hydroxylation is 1. The van der Waals surface area contributed by atoms with Crippen LogP contribution in [0.2, 0.25) is 0 Å². The molecular weight excluding hydrogens is 302 g/mol. The fraction of sp³-hybridized carbons (Fsp3) is 0.650. The number of methoxy groups -OCH3 is 1. The normalized spacial score (nSPS) is 14.7. The first-order chi connectivity index (χ1) is 11.5. The Balaban J connectivity index is 3.07. The monoisotopic (exact) mass is 335 g/mol. The van der Waals surface area contributed by atoms with E-state index >= 15 is 0 Å². The Bertz CT molecular complexity index is 499. The van der Waals surface area contributed by atoms with Gasteiger partial charge >= 0.3 is 0 Å². The van der Waals surface area contributed by atoms with Crippen molar-refractivity contribution in [1.82, 2.24) is 0 Å². The standard InChI is InChI=1S/C20H33NO3/c1-7-8-13-19(24-17(5)21-15(2)3)20(23-14-22-6)18-12-10-9-11-16(18)4/h9-12,15,19-20H,7-8,13-14H2,1-6H3. The van der Waals surface area contributed by atoms with Crippen molar-refractivity contribution in [1.29, 1.82) is 0 Å². The van der Waals surface area contributed by atoms with Gasteiger partial charge in [0.15, 0.2) is 5.90 Å². The van der Waals surface area contributed by atoms with Gasteiger partial charge in [-0.05, 0) is 44.7 Å². The Hall–Kier alpha value is -1.39. The summed E-state index contributed by atoms with van der Waals surface area (Å²) in [6.45, 7) is 10.5. The Kier molecular flexibility index (Phi) is 9.65. The lowest BCUT2D eigenvalue weighted by atomic mass is 9.96. The van der Waals surface area contributed by atoms with Crippen molar-refractivity contribution in [2.75, 3.05) is 13.9 Å². The summed E-state index contributed by atoms with van der Waals surface area (Å²) in [4.78, 5) is 4.51. The van der Waals surface area contributed by atoms with Crippen LogP contribution in [0.5, 0.6) is 0 Å². The molecular formula is C20H33NO3. The molecule has 2 unspecified atom stereocenters. The molecule has 2 atom stereocenters. The lowest BCUT2D eigenvalue weighted by Gasteiger charge is -2.29. The van der Waals surface area contributed by atoms with Crippen molar-refractivity contribution in [2.24, 2.45) is 4.99 Å². The zero-order chi connectivity index (χ0) is 17.9. The minimum absolute atomic E-state index is 0.0799. The summed E-state index contributed by atoms with van der Waals surface area (Å²) >= 11 is 0. The predicted molar refractivity (Wildman–Crippen MR) is 99.5 cm³/mol. The van der Waals surface area contributed by atoms with Gasteiger partial charge in [-0.15, -0.1) is 0 Å². The van der Waals surface area contributed by atoms with E-state index in [1.165, 1.54) is 5.56 Å². The van der Waals surface area contributed by atoms with E-state index in [0.29, 0.717) is 5.90 Å². The first kappa shape index (κ1) is 20.7. The number of nitrogens with zero attached hydrogens (tertiary/aromatic N) is 1. The molecule has 0 radical (unpaired) electrons. The van der Waals surface area contributed by atoms with Gasteiger partial charge in [-0.3, -0.25) is 4.99 Å². The molecule has 0 saturated carbocycles. The lowest BCUT2D eigenvalue weighted by Crippen LogP contribution is -2.28. The van der Waals surface area contributed by atoms with Crippen LogP contribution in [0, 0.1) is 6.92 Å². The van der Waals surface area contributed by atoms with Crippen molar-refractivity contribution < 1.29 is 14.2 Å². The number of benzene rings is 1.